The summed E-state index contributed by atoms with van der Waals surface area (Å²) >= 11 is 0. The monoisotopic (exact) mass is 400 g/mol. The molecule has 1 saturated carbocycles. The number of aryl methyl sites for hydroxylation is 1. The lowest BCUT2D eigenvalue weighted by Gasteiger charge is -2.34. The summed E-state index contributed by atoms with van der Waals surface area (Å²) in [5.74, 6) is 2.92. The van der Waals surface area contributed by atoms with Crippen LogP contribution in [0, 0.1) is 11.8 Å². The number of rotatable bonds is 3. The predicted octanol–water partition coefficient (Wildman–Crippen LogP) is 4.57. The maximum Gasteiger partial charge on any atom is 0.114 e. The van der Waals surface area contributed by atoms with Crippen LogP contribution in [0.25, 0.3) is 11.0 Å². The van der Waals surface area contributed by atoms with Gasteiger partial charge in [-0.3, -0.25) is 0 Å². The van der Waals surface area contributed by atoms with Gasteiger partial charge in [0, 0.05) is 36.8 Å². The van der Waals surface area contributed by atoms with Gasteiger partial charge in [-0.25, -0.2) is 4.98 Å². The fraction of sp³-hybridized carbons (Fsp3) is 0.500. The molecule has 3 unspecified atom stereocenters. The highest BCUT2D eigenvalue weighted by Crippen LogP contribution is 2.44. The highest BCUT2D eigenvalue weighted by molar-refractivity contribution is 5.86. The second-order valence-electron chi connectivity index (χ2n) is 9.79. The molecule has 3 aliphatic rings. The minimum atomic E-state index is 0.587. The van der Waals surface area contributed by atoms with Crippen LogP contribution in [0.4, 0.5) is 5.69 Å². The molecule has 3 heterocycles. The van der Waals surface area contributed by atoms with Crippen molar-refractivity contribution in [1.82, 2.24) is 14.9 Å². The van der Waals surface area contributed by atoms with Crippen LogP contribution in [0.1, 0.15) is 49.2 Å². The molecule has 0 amide bonds. The third-order valence-corrected chi connectivity index (χ3v) is 8.07. The Morgan fingerprint density at radius 2 is 1.80 bits per heavy atom. The van der Waals surface area contributed by atoms with Crippen molar-refractivity contribution >= 4 is 16.7 Å². The minimum Gasteiger partial charge on any atom is -0.372 e. The van der Waals surface area contributed by atoms with Gasteiger partial charge in [0.25, 0.3) is 0 Å². The number of imidazole rings is 1. The van der Waals surface area contributed by atoms with Crippen molar-refractivity contribution in [3.05, 3.63) is 59.4 Å². The first-order valence-electron chi connectivity index (χ1n) is 11.7. The average Bonchev–Trinajstić information content (AvgIpc) is 3.44. The summed E-state index contributed by atoms with van der Waals surface area (Å²) in [6.45, 7) is 4.72. The van der Waals surface area contributed by atoms with Crippen LogP contribution in [-0.2, 0) is 12.8 Å². The van der Waals surface area contributed by atoms with Gasteiger partial charge in [-0.1, -0.05) is 30.3 Å². The molecule has 1 N–H and O–H groups in total. The quantitative estimate of drug-likeness (QED) is 0.699. The molecule has 6 rings (SSSR count). The van der Waals surface area contributed by atoms with E-state index in [-0.39, 0.29) is 0 Å². The van der Waals surface area contributed by atoms with Gasteiger partial charge in [-0.05, 0) is 75.2 Å². The van der Waals surface area contributed by atoms with E-state index >= 15 is 0 Å². The summed E-state index contributed by atoms with van der Waals surface area (Å²) in [7, 11) is 2.24. The third kappa shape index (κ3) is 2.88. The van der Waals surface area contributed by atoms with Crippen LogP contribution in [-0.4, -0.2) is 35.7 Å². The van der Waals surface area contributed by atoms with Crippen molar-refractivity contribution in [2.75, 3.05) is 25.0 Å². The van der Waals surface area contributed by atoms with E-state index in [1.54, 1.807) is 0 Å². The van der Waals surface area contributed by atoms with Gasteiger partial charge in [0.05, 0.1) is 11.0 Å². The average molecular weight is 401 g/mol. The van der Waals surface area contributed by atoms with Crippen LogP contribution in [0.2, 0.25) is 0 Å². The number of nitrogens with one attached hydrogen (secondary N) is 1. The van der Waals surface area contributed by atoms with Crippen LogP contribution in [0.5, 0.6) is 0 Å². The maximum absolute atomic E-state index is 5.34. The molecule has 1 saturated heterocycles. The van der Waals surface area contributed by atoms with E-state index in [0.717, 1.165) is 24.7 Å². The molecule has 2 fully saturated rings. The van der Waals surface area contributed by atoms with Crippen LogP contribution >= 0.6 is 0 Å². The van der Waals surface area contributed by atoms with Gasteiger partial charge in [-0.2, -0.15) is 0 Å². The lowest BCUT2D eigenvalue weighted by atomic mass is 9.96. The van der Waals surface area contributed by atoms with E-state index in [9.17, 15) is 0 Å². The van der Waals surface area contributed by atoms with Gasteiger partial charge in [-0.15, -0.1) is 0 Å². The highest BCUT2D eigenvalue weighted by atomic mass is 15.2. The molecule has 4 nitrogen and oxygen atoms in total. The summed E-state index contributed by atoms with van der Waals surface area (Å²) < 4.78 is 2.64. The normalized spacial score (nSPS) is 28.1. The number of hydrogen-bond donors (Lipinski definition) is 1. The van der Waals surface area contributed by atoms with E-state index in [4.69, 9.17) is 4.98 Å². The SMILES string of the molecule is CC1CCc2c(ccc3c2nc(Cc2ccccc2)n3C2CC3CNCC3C2)N1C. The Bertz CT molecular complexity index is 1060. The molecule has 2 aromatic carbocycles. The summed E-state index contributed by atoms with van der Waals surface area (Å²) in [5.41, 5.74) is 6.81. The van der Waals surface area contributed by atoms with Crippen LogP contribution in [0.15, 0.2) is 42.5 Å². The molecule has 1 aliphatic carbocycles. The molecular weight excluding hydrogens is 368 g/mol. The molecule has 4 heteroatoms. The van der Waals surface area contributed by atoms with Crippen molar-refractivity contribution in [3.8, 4) is 0 Å². The van der Waals surface area contributed by atoms with Crippen molar-refractivity contribution in [2.24, 2.45) is 11.8 Å². The smallest absolute Gasteiger partial charge is 0.114 e. The fourth-order valence-corrected chi connectivity index (χ4v) is 6.27. The van der Waals surface area contributed by atoms with E-state index in [0.29, 0.717) is 12.1 Å². The first kappa shape index (κ1) is 18.4. The standard InChI is InChI=1S/C26H32N4/c1-17-8-9-22-23(29(17)2)10-11-24-26(22)28-25(12-18-6-4-3-5-7-18)30(24)21-13-19-15-27-16-20(19)14-21/h3-7,10-11,17,19-21,27H,8-9,12-16H2,1-2H3. The number of aromatic nitrogens is 2. The van der Waals surface area contributed by atoms with Gasteiger partial charge in [0.15, 0.2) is 0 Å². The van der Waals surface area contributed by atoms with Gasteiger partial charge >= 0.3 is 0 Å². The van der Waals surface area contributed by atoms with Gasteiger partial charge in [0.2, 0.25) is 0 Å². The summed E-state index contributed by atoms with van der Waals surface area (Å²) in [5, 5.41) is 3.60. The Kier molecular flexibility index (Phi) is 4.38. The zero-order valence-electron chi connectivity index (χ0n) is 18.1. The second kappa shape index (κ2) is 7.12. The van der Waals surface area contributed by atoms with E-state index in [2.05, 4.69) is 71.2 Å². The number of fused-ring (bicyclic) bond motifs is 4. The lowest BCUT2D eigenvalue weighted by molar-refractivity contribution is 0.471. The summed E-state index contributed by atoms with van der Waals surface area (Å²) in [6, 6.07) is 16.8. The van der Waals surface area contributed by atoms with Crippen molar-refractivity contribution in [3.63, 3.8) is 0 Å². The number of hydrogen-bond acceptors (Lipinski definition) is 3. The largest absolute Gasteiger partial charge is 0.372 e. The molecule has 3 atom stereocenters. The Labute approximate surface area is 179 Å². The van der Waals surface area contributed by atoms with Crippen molar-refractivity contribution in [1.29, 1.82) is 0 Å². The third-order valence-electron chi connectivity index (χ3n) is 8.07. The van der Waals surface area contributed by atoms with E-state index < -0.39 is 0 Å². The zero-order valence-corrected chi connectivity index (χ0v) is 18.1. The molecular formula is C26H32N4. The highest BCUT2D eigenvalue weighted by Gasteiger charge is 2.39. The van der Waals surface area contributed by atoms with E-state index in [1.807, 2.05) is 0 Å². The Hall–Kier alpha value is -2.33. The Morgan fingerprint density at radius 1 is 1.03 bits per heavy atom. The van der Waals surface area contributed by atoms with Crippen LogP contribution < -0.4 is 10.2 Å². The predicted molar refractivity (Wildman–Crippen MR) is 123 cm³/mol. The number of benzene rings is 2. The molecule has 30 heavy (non-hydrogen) atoms. The maximum atomic E-state index is 5.34. The second-order valence-corrected chi connectivity index (χ2v) is 9.79. The van der Waals surface area contributed by atoms with E-state index in [1.165, 1.54) is 66.0 Å². The molecule has 0 radical (unpaired) electrons. The molecule has 1 aromatic heterocycles. The first-order valence-corrected chi connectivity index (χ1v) is 11.7. The summed E-state index contributed by atoms with van der Waals surface area (Å²) in [4.78, 5) is 7.78. The lowest BCUT2D eigenvalue weighted by Crippen LogP contribution is -2.33. The number of anilines is 1. The Morgan fingerprint density at radius 3 is 2.57 bits per heavy atom. The summed E-state index contributed by atoms with van der Waals surface area (Å²) in [6.07, 6.45) is 5.85. The molecule has 2 aliphatic heterocycles. The minimum absolute atomic E-state index is 0.587. The van der Waals surface area contributed by atoms with Gasteiger partial charge < -0.3 is 14.8 Å². The molecule has 156 valence electrons. The van der Waals surface area contributed by atoms with Crippen molar-refractivity contribution < 1.29 is 0 Å². The van der Waals surface area contributed by atoms with Crippen LogP contribution in [0.3, 0.4) is 0 Å². The molecule has 3 aromatic rings. The fourth-order valence-electron chi connectivity index (χ4n) is 6.27. The van der Waals surface area contributed by atoms with Gasteiger partial charge in [0.1, 0.15) is 5.82 Å². The zero-order chi connectivity index (χ0) is 20.2. The first-order chi connectivity index (χ1) is 14.7. The molecule has 0 bridgehead atoms. The topological polar surface area (TPSA) is 33.1 Å². The number of nitrogens with zero attached hydrogens (tertiary/aromatic N) is 3. The Balaban J connectivity index is 1.48. The molecule has 0 spiro atoms. The van der Waals surface area contributed by atoms with Crippen molar-refractivity contribution in [2.45, 2.75) is 51.1 Å².